The summed E-state index contributed by atoms with van der Waals surface area (Å²) in [6.45, 7) is 4.29. The summed E-state index contributed by atoms with van der Waals surface area (Å²) in [5.41, 5.74) is 2.54. The van der Waals surface area contributed by atoms with E-state index in [2.05, 4.69) is 27.7 Å². The minimum atomic E-state index is -0.489. The lowest BCUT2D eigenvalue weighted by Gasteiger charge is -2.43. The van der Waals surface area contributed by atoms with Crippen LogP contribution in [0.4, 0.5) is 4.79 Å². The Balaban J connectivity index is 1.40. The minimum absolute atomic E-state index is 0.0306. The van der Waals surface area contributed by atoms with Crippen LogP contribution in [0.1, 0.15) is 49.0 Å². The van der Waals surface area contributed by atoms with Gasteiger partial charge in [-0.25, -0.2) is 4.79 Å². The smallest absolute Gasteiger partial charge is 0.408 e. The lowest BCUT2D eigenvalue weighted by Crippen LogP contribution is -2.52. The van der Waals surface area contributed by atoms with Gasteiger partial charge in [-0.05, 0) is 41.7 Å². The monoisotopic (exact) mass is 553 g/mol. The molecule has 3 aromatic carbocycles. The third kappa shape index (κ3) is 7.50. The van der Waals surface area contributed by atoms with Crippen molar-refractivity contribution in [2.24, 2.45) is 0 Å². The number of carbonyl (C=O) groups is 2. The number of alkyl carbamates (subject to hydrolysis) is 1. The zero-order valence-electron chi connectivity index (χ0n) is 21.5. The number of nitrogens with zero attached hydrogens (tertiary/aromatic N) is 1. The van der Waals surface area contributed by atoms with Crippen LogP contribution in [0.25, 0.3) is 0 Å². The average molecular weight is 555 g/mol. The second kappa shape index (κ2) is 13.1. The lowest BCUT2D eigenvalue weighted by atomic mass is 9.80. The van der Waals surface area contributed by atoms with Crippen molar-refractivity contribution in [2.75, 3.05) is 19.6 Å². The number of likely N-dealkylation sites (tertiary alicyclic amines) is 1. The highest BCUT2D eigenvalue weighted by Gasteiger charge is 2.37. The maximum Gasteiger partial charge on any atom is 0.408 e. The van der Waals surface area contributed by atoms with Gasteiger partial charge in [-0.15, -0.1) is 0 Å². The van der Waals surface area contributed by atoms with E-state index < -0.39 is 12.2 Å². The molecule has 1 aliphatic rings. The number of carbonyl (C=O) groups excluding carboxylic acids is 2. The average Bonchev–Trinajstić information content (AvgIpc) is 2.93. The first-order valence-corrected chi connectivity index (χ1v) is 13.6. The maximum absolute atomic E-state index is 12.7. The fourth-order valence-electron chi connectivity index (χ4n) is 4.99. The van der Waals surface area contributed by atoms with Crippen molar-refractivity contribution in [1.82, 2.24) is 15.5 Å². The SMILES string of the molecule is CC(=O)NC1(c2ccccc2)CCN(CCC(OC(=O)NCc2ccccc2)c2ccc(Cl)c(Cl)c2)CC1. The number of ether oxygens (including phenoxy) is 1. The Labute approximate surface area is 234 Å². The molecule has 38 heavy (non-hydrogen) atoms. The summed E-state index contributed by atoms with van der Waals surface area (Å²) in [5.74, 6) is -0.0306. The summed E-state index contributed by atoms with van der Waals surface area (Å²) in [6.07, 6.45) is 1.21. The molecule has 0 radical (unpaired) electrons. The zero-order valence-corrected chi connectivity index (χ0v) is 23.0. The van der Waals surface area contributed by atoms with Gasteiger partial charge in [0.15, 0.2) is 0 Å². The molecule has 0 saturated carbocycles. The van der Waals surface area contributed by atoms with E-state index in [4.69, 9.17) is 27.9 Å². The number of amides is 2. The van der Waals surface area contributed by atoms with Gasteiger partial charge in [0.25, 0.3) is 0 Å². The summed E-state index contributed by atoms with van der Waals surface area (Å²) < 4.78 is 5.87. The highest BCUT2D eigenvalue weighted by Crippen LogP contribution is 2.34. The van der Waals surface area contributed by atoms with Crippen molar-refractivity contribution >= 4 is 35.2 Å². The number of halogens is 2. The number of rotatable bonds is 9. The highest BCUT2D eigenvalue weighted by atomic mass is 35.5. The van der Waals surface area contributed by atoms with E-state index in [1.54, 1.807) is 19.1 Å². The van der Waals surface area contributed by atoms with Gasteiger partial charge in [-0.2, -0.15) is 0 Å². The first-order valence-electron chi connectivity index (χ1n) is 12.8. The first kappa shape index (κ1) is 28.0. The highest BCUT2D eigenvalue weighted by molar-refractivity contribution is 6.42. The topological polar surface area (TPSA) is 70.7 Å². The Morgan fingerprint density at radius 3 is 2.24 bits per heavy atom. The minimum Gasteiger partial charge on any atom is -0.441 e. The Morgan fingerprint density at radius 2 is 1.61 bits per heavy atom. The van der Waals surface area contributed by atoms with Crippen LogP contribution in [0.15, 0.2) is 78.9 Å². The van der Waals surface area contributed by atoms with Crippen molar-refractivity contribution in [2.45, 2.75) is 44.4 Å². The summed E-state index contributed by atoms with van der Waals surface area (Å²) in [6, 6.07) is 25.2. The van der Waals surface area contributed by atoms with E-state index in [9.17, 15) is 9.59 Å². The van der Waals surface area contributed by atoms with Crippen LogP contribution >= 0.6 is 23.2 Å². The number of hydrogen-bond acceptors (Lipinski definition) is 4. The van der Waals surface area contributed by atoms with Gasteiger partial charge in [-0.1, -0.05) is 89.9 Å². The predicted octanol–water partition coefficient (Wildman–Crippen LogP) is 6.48. The fourth-order valence-corrected chi connectivity index (χ4v) is 5.29. The molecule has 0 bridgehead atoms. The number of nitrogens with one attached hydrogen (secondary N) is 2. The molecule has 200 valence electrons. The zero-order chi connectivity index (χ0) is 27.0. The molecule has 1 atom stereocenters. The van der Waals surface area contributed by atoms with Crippen LogP contribution in [-0.2, 0) is 21.6 Å². The number of hydrogen-bond donors (Lipinski definition) is 2. The van der Waals surface area contributed by atoms with Crippen molar-refractivity contribution < 1.29 is 14.3 Å². The normalized spacial score (nSPS) is 15.9. The molecule has 0 spiro atoms. The molecule has 0 aliphatic carbocycles. The molecular weight excluding hydrogens is 521 g/mol. The van der Waals surface area contributed by atoms with Crippen LogP contribution in [0, 0.1) is 0 Å². The van der Waals surface area contributed by atoms with Crippen molar-refractivity contribution in [3.63, 3.8) is 0 Å². The van der Waals surface area contributed by atoms with E-state index in [1.807, 2.05) is 54.6 Å². The Hall–Kier alpha value is -3.06. The Kier molecular flexibility index (Phi) is 9.67. The summed E-state index contributed by atoms with van der Waals surface area (Å²) in [4.78, 5) is 27.1. The molecule has 6 nitrogen and oxygen atoms in total. The van der Waals surface area contributed by atoms with Gasteiger partial charge >= 0.3 is 6.09 Å². The third-order valence-electron chi connectivity index (χ3n) is 7.00. The molecule has 1 fully saturated rings. The van der Waals surface area contributed by atoms with Crippen LogP contribution < -0.4 is 10.6 Å². The number of benzene rings is 3. The summed E-state index contributed by atoms with van der Waals surface area (Å²) in [7, 11) is 0. The summed E-state index contributed by atoms with van der Waals surface area (Å²) in [5, 5.41) is 6.93. The second-order valence-electron chi connectivity index (χ2n) is 9.67. The van der Waals surface area contributed by atoms with Gasteiger partial charge < -0.3 is 20.3 Å². The van der Waals surface area contributed by atoms with Crippen molar-refractivity contribution in [1.29, 1.82) is 0 Å². The molecule has 2 amide bonds. The van der Waals surface area contributed by atoms with E-state index in [0.29, 0.717) is 23.0 Å². The molecule has 1 aliphatic heterocycles. The Morgan fingerprint density at radius 1 is 0.947 bits per heavy atom. The predicted molar refractivity (Wildman–Crippen MR) is 151 cm³/mol. The molecule has 8 heteroatoms. The van der Waals surface area contributed by atoms with Gasteiger partial charge in [0, 0.05) is 39.5 Å². The largest absolute Gasteiger partial charge is 0.441 e. The van der Waals surface area contributed by atoms with Crippen LogP contribution in [-0.4, -0.2) is 36.5 Å². The molecule has 4 rings (SSSR count). The quantitative estimate of drug-likeness (QED) is 0.318. The molecule has 3 aromatic rings. The molecule has 1 unspecified atom stereocenters. The first-order chi connectivity index (χ1) is 18.3. The van der Waals surface area contributed by atoms with Crippen molar-refractivity contribution in [3.8, 4) is 0 Å². The fraction of sp³-hybridized carbons (Fsp3) is 0.333. The summed E-state index contributed by atoms with van der Waals surface area (Å²) >= 11 is 12.4. The van der Waals surface area contributed by atoms with Gasteiger partial charge in [0.2, 0.25) is 5.91 Å². The van der Waals surface area contributed by atoms with Gasteiger partial charge in [-0.3, -0.25) is 4.79 Å². The lowest BCUT2D eigenvalue weighted by molar-refractivity contribution is -0.121. The standard InChI is InChI=1S/C30H33Cl2N3O3/c1-22(36)34-30(25-10-6-3-7-11-25)15-18-35(19-16-30)17-14-28(24-12-13-26(31)27(32)20-24)38-29(37)33-21-23-8-4-2-5-9-23/h2-13,20,28H,14-19,21H2,1H3,(H,33,37)(H,34,36). The molecule has 1 heterocycles. The van der Waals surface area contributed by atoms with E-state index in [-0.39, 0.29) is 11.4 Å². The second-order valence-corrected chi connectivity index (χ2v) is 10.5. The molecule has 2 N–H and O–H groups in total. The van der Waals surface area contributed by atoms with E-state index >= 15 is 0 Å². The third-order valence-corrected chi connectivity index (χ3v) is 7.74. The molecule has 1 saturated heterocycles. The van der Waals surface area contributed by atoms with Crippen molar-refractivity contribution in [3.05, 3.63) is 106 Å². The van der Waals surface area contributed by atoms with Gasteiger partial charge in [0.1, 0.15) is 6.10 Å². The van der Waals surface area contributed by atoms with Crippen LogP contribution in [0.3, 0.4) is 0 Å². The Bertz CT molecular complexity index is 1220. The van der Waals surface area contributed by atoms with Gasteiger partial charge in [0.05, 0.1) is 15.6 Å². The molecular formula is C30H33Cl2N3O3. The maximum atomic E-state index is 12.7. The van der Waals surface area contributed by atoms with Crippen LogP contribution in [0.5, 0.6) is 0 Å². The van der Waals surface area contributed by atoms with Crippen LogP contribution in [0.2, 0.25) is 10.0 Å². The van der Waals surface area contributed by atoms with E-state index in [0.717, 1.165) is 49.2 Å². The number of piperidine rings is 1. The van der Waals surface area contributed by atoms with E-state index in [1.165, 1.54) is 0 Å². The molecule has 0 aromatic heterocycles.